The number of hydrogen-bond acceptors (Lipinski definition) is 7. The van der Waals surface area contributed by atoms with E-state index in [1.807, 2.05) is 13.0 Å². The zero-order valence-electron chi connectivity index (χ0n) is 18.2. The number of rotatable bonds is 8. The van der Waals surface area contributed by atoms with E-state index in [0.717, 1.165) is 0 Å². The highest BCUT2D eigenvalue weighted by atomic mass is 79.9. The lowest BCUT2D eigenvalue weighted by molar-refractivity contribution is -0.113. The van der Waals surface area contributed by atoms with E-state index in [-0.39, 0.29) is 17.6 Å². The van der Waals surface area contributed by atoms with E-state index >= 15 is 0 Å². The van der Waals surface area contributed by atoms with Crippen LogP contribution in [0.5, 0.6) is 0 Å². The molecule has 11 heteroatoms. The molecule has 0 saturated heterocycles. The Morgan fingerprint density at radius 3 is 2.64 bits per heavy atom. The van der Waals surface area contributed by atoms with Crippen molar-refractivity contribution in [1.29, 1.82) is 0 Å². The van der Waals surface area contributed by atoms with Crippen LogP contribution >= 0.6 is 27.7 Å². The van der Waals surface area contributed by atoms with Crippen LogP contribution in [0.1, 0.15) is 39.5 Å². The monoisotopic (exact) mass is 531 g/mol. The van der Waals surface area contributed by atoms with Crippen LogP contribution in [-0.2, 0) is 16.6 Å². The first-order valence-corrected chi connectivity index (χ1v) is 11.6. The first-order chi connectivity index (χ1) is 15.8. The Kier molecular flexibility index (Phi) is 8.23. The number of carbonyl (C=O) groups excluding carboxylic acids is 3. The van der Waals surface area contributed by atoms with Gasteiger partial charge in [-0.15, -0.1) is 10.2 Å². The summed E-state index contributed by atoms with van der Waals surface area (Å²) in [5.74, 6) is -0.328. The molecule has 0 radical (unpaired) electrons. The highest BCUT2D eigenvalue weighted by molar-refractivity contribution is 9.10. The van der Waals surface area contributed by atoms with E-state index in [1.54, 1.807) is 54.1 Å². The highest BCUT2D eigenvalue weighted by Crippen LogP contribution is 2.21. The number of nitrogens with one attached hydrogen (secondary N) is 2. The van der Waals surface area contributed by atoms with Crippen LogP contribution in [0, 0.1) is 0 Å². The van der Waals surface area contributed by atoms with E-state index in [2.05, 4.69) is 41.5 Å². The molecule has 2 N–H and O–H groups in total. The summed E-state index contributed by atoms with van der Waals surface area (Å²) >= 11 is 4.59. The molecule has 2 aromatic carbocycles. The molecule has 1 aromatic heterocycles. The molecule has 0 fully saturated rings. The van der Waals surface area contributed by atoms with Gasteiger partial charge in [-0.1, -0.05) is 30.0 Å². The number of nitrogens with zero attached hydrogens (tertiary/aromatic N) is 3. The van der Waals surface area contributed by atoms with Gasteiger partial charge in [-0.05, 0) is 53.2 Å². The highest BCUT2D eigenvalue weighted by Gasteiger charge is 2.20. The third kappa shape index (κ3) is 6.20. The summed E-state index contributed by atoms with van der Waals surface area (Å²) in [6.07, 6.45) is 0. The molecule has 9 nitrogen and oxygen atoms in total. The van der Waals surface area contributed by atoms with Gasteiger partial charge in [0.05, 0.1) is 30.0 Å². The first kappa shape index (κ1) is 24.5. The van der Waals surface area contributed by atoms with Gasteiger partial charge in [0.25, 0.3) is 5.91 Å². The number of esters is 1. The first-order valence-electron chi connectivity index (χ1n) is 9.86. The molecule has 0 spiro atoms. The number of aromatic nitrogens is 3. The maximum atomic E-state index is 12.6. The van der Waals surface area contributed by atoms with E-state index in [4.69, 9.17) is 0 Å². The van der Waals surface area contributed by atoms with Gasteiger partial charge in [-0.2, -0.15) is 0 Å². The Labute approximate surface area is 203 Å². The van der Waals surface area contributed by atoms with Gasteiger partial charge in [0.2, 0.25) is 5.91 Å². The quantitative estimate of drug-likeness (QED) is 0.337. The third-order valence-electron chi connectivity index (χ3n) is 4.62. The average molecular weight is 532 g/mol. The number of thioether (sulfide) groups is 1. The molecule has 172 valence electrons. The molecule has 33 heavy (non-hydrogen) atoms. The number of halogens is 1. The second kappa shape index (κ2) is 11.1. The molecule has 0 aliphatic rings. The van der Waals surface area contributed by atoms with Gasteiger partial charge < -0.3 is 19.9 Å². The van der Waals surface area contributed by atoms with Gasteiger partial charge in [0, 0.05) is 17.2 Å². The van der Waals surface area contributed by atoms with Crippen molar-refractivity contribution in [2.45, 2.75) is 18.1 Å². The summed E-state index contributed by atoms with van der Waals surface area (Å²) < 4.78 is 7.13. The normalized spacial score (nSPS) is 11.5. The lowest BCUT2D eigenvalue weighted by atomic mass is 10.2. The van der Waals surface area contributed by atoms with Crippen LogP contribution in [-0.4, -0.2) is 45.4 Å². The minimum Gasteiger partial charge on any atom is -0.465 e. The van der Waals surface area contributed by atoms with Gasteiger partial charge >= 0.3 is 5.97 Å². The summed E-state index contributed by atoms with van der Waals surface area (Å²) in [6, 6.07) is 13.3. The van der Waals surface area contributed by atoms with E-state index in [9.17, 15) is 14.4 Å². The summed E-state index contributed by atoms with van der Waals surface area (Å²) in [5, 5.41) is 14.5. The van der Waals surface area contributed by atoms with Gasteiger partial charge in [0.15, 0.2) is 11.0 Å². The zero-order valence-corrected chi connectivity index (χ0v) is 20.6. The fourth-order valence-corrected chi connectivity index (χ4v) is 4.17. The molecule has 0 bridgehead atoms. The number of anilines is 1. The second-order valence-electron chi connectivity index (χ2n) is 6.98. The Bertz CT molecular complexity index is 1180. The van der Waals surface area contributed by atoms with Crippen molar-refractivity contribution >= 4 is 51.2 Å². The summed E-state index contributed by atoms with van der Waals surface area (Å²) in [6.45, 7) is 1.81. The lowest BCUT2D eigenvalue weighted by Gasteiger charge is -2.14. The van der Waals surface area contributed by atoms with Crippen molar-refractivity contribution in [3.8, 4) is 0 Å². The van der Waals surface area contributed by atoms with Crippen molar-refractivity contribution in [2.75, 3.05) is 18.2 Å². The summed E-state index contributed by atoms with van der Waals surface area (Å²) in [7, 11) is 3.07. The van der Waals surface area contributed by atoms with Crippen molar-refractivity contribution < 1.29 is 19.1 Å². The molecule has 2 amide bonds. The second-order valence-corrected chi connectivity index (χ2v) is 8.78. The number of hydrogen-bond donors (Lipinski definition) is 2. The molecule has 1 unspecified atom stereocenters. The lowest BCUT2D eigenvalue weighted by Crippen LogP contribution is -2.28. The van der Waals surface area contributed by atoms with Crippen LogP contribution in [0.2, 0.25) is 0 Å². The molecule has 3 aromatic rings. The maximum Gasteiger partial charge on any atom is 0.337 e. The third-order valence-corrected chi connectivity index (χ3v) is 6.33. The Morgan fingerprint density at radius 1 is 1.15 bits per heavy atom. The number of amides is 2. The van der Waals surface area contributed by atoms with Crippen LogP contribution in [0.25, 0.3) is 0 Å². The number of carbonyl (C=O) groups is 3. The minimum absolute atomic E-state index is 0.0894. The summed E-state index contributed by atoms with van der Waals surface area (Å²) in [5.41, 5.74) is 1.36. The maximum absolute atomic E-state index is 12.6. The molecular weight excluding hydrogens is 510 g/mol. The molecule has 0 aliphatic carbocycles. The van der Waals surface area contributed by atoms with Crippen molar-refractivity contribution in [2.24, 2.45) is 7.05 Å². The largest absolute Gasteiger partial charge is 0.465 e. The Balaban J connectivity index is 1.58. The van der Waals surface area contributed by atoms with E-state index in [1.165, 1.54) is 18.9 Å². The van der Waals surface area contributed by atoms with Gasteiger partial charge in [-0.25, -0.2) is 4.79 Å². The summed E-state index contributed by atoms with van der Waals surface area (Å²) in [4.78, 5) is 36.5. The fourth-order valence-electron chi connectivity index (χ4n) is 2.98. The van der Waals surface area contributed by atoms with Crippen LogP contribution in [0.4, 0.5) is 5.69 Å². The predicted molar refractivity (Wildman–Crippen MR) is 128 cm³/mol. The topological polar surface area (TPSA) is 115 Å². The predicted octanol–water partition coefficient (Wildman–Crippen LogP) is 3.59. The number of methoxy groups -OCH3 is 1. The van der Waals surface area contributed by atoms with E-state index in [0.29, 0.717) is 32.3 Å². The van der Waals surface area contributed by atoms with E-state index < -0.39 is 12.0 Å². The molecule has 0 saturated carbocycles. The Morgan fingerprint density at radius 2 is 1.91 bits per heavy atom. The van der Waals surface area contributed by atoms with Crippen LogP contribution < -0.4 is 10.6 Å². The molecule has 1 heterocycles. The van der Waals surface area contributed by atoms with Crippen LogP contribution in [0.15, 0.2) is 58.2 Å². The zero-order chi connectivity index (χ0) is 24.0. The van der Waals surface area contributed by atoms with Gasteiger partial charge in [0.1, 0.15) is 0 Å². The van der Waals surface area contributed by atoms with Crippen molar-refractivity contribution in [1.82, 2.24) is 20.1 Å². The molecular formula is C22H22BrN5O4S. The van der Waals surface area contributed by atoms with Crippen molar-refractivity contribution in [3.63, 3.8) is 0 Å². The van der Waals surface area contributed by atoms with Gasteiger partial charge in [-0.3, -0.25) is 9.59 Å². The molecule has 0 aliphatic heterocycles. The van der Waals surface area contributed by atoms with Crippen molar-refractivity contribution in [3.05, 3.63) is 70.0 Å². The van der Waals surface area contributed by atoms with Crippen LogP contribution in [0.3, 0.4) is 0 Å². The molecule has 1 atom stereocenters. The Hall–Kier alpha value is -3.18. The molecule has 3 rings (SSSR count). The minimum atomic E-state index is -0.479. The number of benzene rings is 2. The standard InChI is InChI=1S/C22H22BrN5O4S/c1-13(24-20(30)16-9-4-5-10-17(16)23)19-26-27-22(28(19)2)33-12-18(29)25-15-8-6-7-14(11-15)21(31)32-3/h4-11,13H,12H2,1-3H3,(H,24,30)(H,25,29). The number of ether oxygens (including phenoxy) is 1. The SMILES string of the molecule is COC(=O)c1cccc(NC(=O)CSc2nnc(C(C)NC(=O)c3ccccc3Br)n2C)c1. The fraction of sp³-hybridized carbons (Fsp3) is 0.227. The smallest absolute Gasteiger partial charge is 0.337 e. The average Bonchev–Trinajstić information content (AvgIpc) is 3.17.